The third-order valence-corrected chi connectivity index (χ3v) is 4.61. The molecule has 1 aromatic carbocycles. The van der Waals surface area contributed by atoms with Crippen LogP contribution in [0, 0.1) is 5.41 Å². The van der Waals surface area contributed by atoms with Crippen LogP contribution in [0.3, 0.4) is 0 Å². The van der Waals surface area contributed by atoms with Gasteiger partial charge in [-0.1, -0.05) is 41.9 Å². The van der Waals surface area contributed by atoms with Crippen molar-refractivity contribution in [1.82, 2.24) is 5.32 Å². The molecule has 0 saturated heterocycles. The number of carboxylic acid groups (broad SMARTS) is 1. The zero-order valence-electron chi connectivity index (χ0n) is 13.4. The Bertz CT molecular complexity index is 564. The molecule has 0 saturated carbocycles. The Labute approximate surface area is 144 Å². The van der Waals surface area contributed by atoms with E-state index in [2.05, 4.69) is 21.2 Å². The average molecular weight is 384 g/mol. The highest BCUT2D eigenvalue weighted by atomic mass is 79.9. The van der Waals surface area contributed by atoms with Crippen molar-refractivity contribution in [2.45, 2.75) is 39.5 Å². The minimum atomic E-state index is -1.10. The van der Waals surface area contributed by atoms with Crippen molar-refractivity contribution in [3.05, 3.63) is 34.3 Å². The molecule has 0 spiro atoms. The fourth-order valence-corrected chi connectivity index (χ4v) is 2.78. The maximum atomic E-state index is 12.4. The van der Waals surface area contributed by atoms with Crippen LogP contribution in [0.15, 0.2) is 28.7 Å². The van der Waals surface area contributed by atoms with Crippen LogP contribution in [0.25, 0.3) is 0 Å². The highest BCUT2D eigenvalue weighted by Crippen LogP contribution is 2.32. The Hall–Kier alpha value is -1.69. The lowest BCUT2D eigenvalue weighted by atomic mass is 9.76. The lowest BCUT2D eigenvalue weighted by Crippen LogP contribution is -2.43. The van der Waals surface area contributed by atoms with Crippen LogP contribution in [0.2, 0.25) is 0 Å². The number of halogens is 1. The van der Waals surface area contributed by atoms with Gasteiger partial charge < -0.3 is 10.4 Å². The largest absolute Gasteiger partial charge is 0.480 e. The smallest absolute Gasteiger partial charge is 0.322 e. The number of benzene rings is 1. The summed E-state index contributed by atoms with van der Waals surface area (Å²) < 4.78 is 0.943. The summed E-state index contributed by atoms with van der Waals surface area (Å²) in [4.78, 5) is 35.3. The van der Waals surface area contributed by atoms with Crippen LogP contribution in [-0.4, -0.2) is 29.3 Å². The van der Waals surface area contributed by atoms with Gasteiger partial charge in [-0.2, -0.15) is 0 Å². The van der Waals surface area contributed by atoms with E-state index in [1.54, 1.807) is 0 Å². The first-order valence-corrected chi connectivity index (χ1v) is 8.38. The van der Waals surface area contributed by atoms with Crippen LogP contribution in [0.5, 0.6) is 0 Å². The van der Waals surface area contributed by atoms with E-state index < -0.39 is 17.9 Å². The molecule has 1 rings (SSSR count). The first kappa shape index (κ1) is 19.4. The third kappa shape index (κ3) is 5.78. The molecule has 0 radical (unpaired) electrons. The predicted octanol–water partition coefficient (Wildman–Crippen LogP) is 2.96. The van der Waals surface area contributed by atoms with Crippen molar-refractivity contribution >= 4 is 33.6 Å². The summed E-state index contributed by atoms with van der Waals surface area (Å²) in [6, 6.07) is 7.47. The molecule has 0 aliphatic heterocycles. The highest BCUT2D eigenvalue weighted by molar-refractivity contribution is 9.10. The molecule has 0 unspecified atom stereocenters. The number of hydrogen-bond acceptors (Lipinski definition) is 3. The molecular formula is C17H22BrNO4. The van der Waals surface area contributed by atoms with E-state index in [-0.39, 0.29) is 24.5 Å². The highest BCUT2D eigenvalue weighted by Gasteiger charge is 2.36. The van der Waals surface area contributed by atoms with Gasteiger partial charge in [-0.25, -0.2) is 0 Å². The van der Waals surface area contributed by atoms with Crippen LogP contribution >= 0.6 is 15.9 Å². The molecule has 0 aliphatic carbocycles. The van der Waals surface area contributed by atoms with Gasteiger partial charge in [0.1, 0.15) is 12.3 Å². The van der Waals surface area contributed by atoms with Gasteiger partial charge in [0.05, 0.1) is 5.41 Å². The molecule has 0 bridgehead atoms. The van der Waals surface area contributed by atoms with E-state index in [0.717, 1.165) is 10.0 Å². The van der Waals surface area contributed by atoms with Gasteiger partial charge in [0.25, 0.3) is 0 Å². The molecule has 5 nitrogen and oxygen atoms in total. The minimum Gasteiger partial charge on any atom is -0.480 e. The van der Waals surface area contributed by atoms with Crippen molar-refractivity contribution in [3.63, 3.8) is 0 Å². The summed E-state index contributed by atoms with van der Waals surface area (Å²) in [5.41, 5.74) is 0.0484. The fraction of sp³-hybridized carbons (Fsp3) is 0.471. The SMILES string of the molecule is CCC(CC)(CC(=O)Cc1ccc(Br)cc1)C(=O)NCC(=O)O. The van der Waals surface area contributed by atoms with Gasteiger partial charge in [-0.15, -0.1) is 0 Å². The van der Waals surface area contributed by atoms with Gasteiger partial charge in [0, 0.05) is 17.3 Å². The number of nitrogens with one attached hydrogen (secondary N) is 1. The first-order valence-electron chi connectivity index (χ1n) is 7.59. The molecule has 23 heavy (non-hydrogen) atoms. The zero-order valence-corrected chi connectivity index (χ0v) is 15.0. The Balaban J connectivity index is 2.76. The van der Waals surface area contributed by atoms with E-state index in [4.69, 9.17) is 5.11 Å². The second-order valence-corrected chi connectivity index (χ2v) is 6.50. The van der Waals surface area contributed by atoms with Gasteiger partial charge >= 0.3 is 5.97 Å². The molecule has 0 atom stereocenters. The molecule has 1 amide bonds. The Morgan fingerprint density at radius 3 is 2.17 bits per heavy atom. The van der Waals surface area contributed by atoms with Crippen molar-refractivity contribution in [2.75, 3.05) is 6.54 Å². The van der Waals surface area contributed by atoms with Crippen LogP contribution in [0.4, 0.5) is 0 Å². The van der Waals surface area contributed by atoms with Gasteiger partial charge in [-0.3, -0.25) is 14.4 Å². The molecule has 0 fully saturated rings. The van der Waals surface area contributed by atoms with Crippen LogP contribution in [-0.2, 0) is 20.8 Å². The number of aliphatic carboxylic acids is 1. The van der Waals surface area contributed by atoms with Crippen LogP contribution < -0.4 is 5.32 Å². The van der Waals surface area contributed by atoms with E-state index in [9.17, 15) is 14.4 Å². The second-order valence-electron chi connectivity index (χ2n) is 5.58. The molecule has 0 heterocycles. The quantitative estimate of drug-likeness (QED) is 0.686. The standard InChI is InChI=1S/C17H22BrNO4/c1-3-17(4-2,16(23)19-11-15(21)22)10-14(20)9-12-5-7-13(18)8-6-12/h5-8H,3-4,9-11H2,1-2H3,(H,19,23)(H,21,22). The minimum absolute atomic E-state index is 0.0264. The number of carboxylic acids is 1. The molecule has 0 aromatic heterocycles. The lowest BCUT2D eigenvalue weighted by molar-refractivity contribution is -0.141. The lowest BCUT2D eigenvalue weighted by Gasteiger charge is -2.29. The monoisotopic (exact) mass is 383 g/mol. The summed E-state index contributed by atoms with van der Waals surface area (Å²) in [7, 11) is 0. The van der Waals surface area contributed by atoms with Crippen LogP contribution in [0.1, 0.15) is 38.7 Å². The molecule has 126 valence electrons. The number of rotatable bonds is 9. The second kappa shape index (κ2) is 8.82. The molecule has 1 aromatic rings. The summed E-state index contributed by atoms with van der Waals surface area (Å²) in [6.45, 7) is 3.26. The normalized spacial score (nSPS) is 11.1. The topological polar surface area (TPSA) is 83.5 Å². The van der Waals surface area contributed by atoms with E-state index >= 15 is 0 Å². The van der Waals surface area contributed by atoms with Crippen molar-refractivity contribution in [3.8, 4) is 0 Å². The van der Waals surface area contributed by atoms with E-state index in [1.165, 1.54) is 0 Å². The Morgan fingerprint density at radius 2 is 1.70 bits per heavy atom. The summed E-state index contributed by atoms with van der Waals surface area (Å²) in [5.74, 6) is -1.49. The first-order chi connectivity index (χ1) is 10.8. The third-order valence-electron chi connectivity index (χ3n) is 4.09. The maximum Gasteiger partial charge on any atom is 0.322 e. The number of carbonyl (C=O) groups excluding carboxylic acids is 2. The molecule has 6 heteroatoms. The van der Waals surface area contributed by atoms with Crippen molar-refractivity contribution in [2.24, 2.45) is 5.41 Å². The summed E-state index contributed by atoms with van der Waals surface area (Å²) in [5, 5.41) is 11.1. The number of carbonyl (C=O) groups is 3. The van der Waals surface area contributed by atoms with Gasteiger partial charge in [0.2, 0.25) is 5.91 Å². The van der Waals surface area contributed by atoms with Crippen molar-refractivity contribution in [1.29, 1.82) is 0 Å². The predicted molar refractivity (Wildman–Crippen MR) is 91.1 cm³/mol. The number of ketones is 1. The Morgan fingerprint density at radius 1 is 1.13 bits per heavy atom. The average Bonchev–Trinajstić information content (AvgIpc) is 2.52. The van der Waals surface area contributed by atoms with Gasteiger partial charge in [0.15, 0.2) is 0 Å². The fourth-order valence-electron chi connectivity index (χ4n) is 2.51. The zero-order chi connectivity index (χ0) is 17.5. The number of amides is 1. The number of Topliss-reactive ketones (excluding diaryl/α,β-unsaturated/α-hetero) is 1. The molecular weight excluding hydrogens is 362 g/mol. The molecule has 2 N–H and O–H groups in total. The van der Waals surface area contributed by atoms with Gasteiger partial charge in [-0.05, 0) is 30.5 Å². The van der Waals surface area contributed by atoms with E-state index in [0.29, 0.717) is 12.8 Å². The van der Waals surface area contributed by atoms with E-state index in [1.807, 2.05) is 38.1 Å². The summed E-state index contributed by atoms with van der Waals surface area (Å²) >= 11 is 3.35. The maximum absolute atomic E-state index is 12.4. The number of hydrogen-bond donors (Lipinski definition) is 2. The molecule has 0 aliphatic rings. The van der Waals surface area contributed by atoms with Crippen molar-refractivity contribution < 1.29 is 19.5 Å². The Kier molecular flexibility index (Phi) is 7.42. The summed E-state index contributed by atoms with van der Waals surface area (Å²) in [6.07, 6.45) is 1.35.